The van der Waals surface area contributed by atoms with E-state index in [2.05, 4.69) is 10.6 Å². The molecule has 3 amide bonds. The average Bonchev–Trinajstić information content (AvgIpc) is 2.82. The van der Waals surface area contributed by atoms with Crippen LogP contribution >= 0.6 is 0 Å². The molecule has 0 heterocycles. The van der Waals surface area contributed by atoms with Crippen molar-refractivity contribution in [3.8, 4) is 5.75 Å². The predicted octanol–water partition coefficient (Wildman–Crippen LogP) is 3.51. The first-order chi connectivity index (χ1) is 17.4. The van der Waals surface area contributed by atoms with Crippen molar-refractivity contribution in [1.82, 2.24) is 15.5 Å². The molecule has 4 N–H and O–H groups in total. The van der Waals surface area contributed by atoms with Crippen molar-refractivity contribution in [3.63, 3.8) is 0 Å². The smallest absolute Gasteiger partial charge is 0.408 e. The second kappa shape index (κ2) is 13.6. The van der Waals surface area contributed by atoms with Gasteiger partial charge in [0.2, 0.25) is 11.8 Å². The number of carbonyl (C=O) groups excluding carboxylic acids is 3. The molecule has 0 spiro atoms. The normalized spacial score (nSPS) is 12.9. The highest BCUT2D eigenvalue weighted by Gasteiger charge is 2.37. The molecular weight excluding hydrogens is 474 g/mol. The zero-order valence-corrected chi connectivity index (χ0v) is 22.2. The lowest BCUT2D eigenvalue weighted by molar-refractivity contribution is -0.143. The molecular formula is C28H39N3O6. The van der Waals surface area contributed by atoms with Crippen LogP contribution in [0.15, 0.2) is 54.6 Å². The SMILES string of the molecule is CC(C)CC(NC(=O)OC(C)(C)C)C(=O)N(CCO)C(C(=O)NCc1ccccc1)c1ccccc1O. The van der Waals surface area contributed by atoms with Gasteiger partial charge in [-0.2, -0.15) is 0 Å². The van der Waals surface area contributed by atoms with Gasteiger partial charge in [0.15, 0.2) is 0 Å². The number of alkyl carbamates (subject to hydrolysis) is 1. The van der Waals surface area contributed by atoms with Gasteiger partial charge >= 0.3 is 6.09 Å². The van der Waals surface area contributed by atoms with Gasteiger partial charge in [0.05, 0.1) is 6.61 Å². The lowest BCUT2D eigenvalue weighted by atomic mass is 9.98. The number of ether oxygens (including phenoxy) is 1. The minimum Gasteiger partial charge on any atom is -0.508 e. The van der Waals surface area contributed by atoms with Crippen LogP contribution in [0.3, 0.4) is 0 Å². The maximum Gasteiger partial charge on any atom is 0.408 e. The zero-order chi connectivity index (χ0) is 27.6. The molecule has 0 aromatic heterocycles. The highest BCUT2D eigenvalue weighted by molar-refractivity contribution is 5.92. The van der Waals surface area contributed by atoms with Crippen molar-refractivity contribution in [2.75, 3.05) is 13.2 Å². The molecule has 2 rings (SSSR count). The highest BCUT2D eigenvalue weighted by atomic mass is 16.6. The van der Waals surface area contributed by atoms with Crippen molar-refractivity contribution in [1.29, 1.82) is 0 Å². The summed E-state index contributed by atoms with van der Waals surface area (Å²) in [5, 5.41) is 25.9. The molecule has 0 saturated carbocycles. The number of rotatable bonds is 11. The summed E-state index contributed by atoms with van der Waals surface area (Å²) in [5.41, 5.74) is 0.294. The van der Waals surface area contributed by atoms with E-state index < -0.39 is 42.2 Å². The first-order valence-corrected chi connectivity index (χ1v) is 12.4. The van der Waals surface area contributed by atoms with Gasteiger partial charge < -0.3 is 30.5 Å². The van der Waals surface area contributed by atoms with Gasteiger partial charge in [-0.1, -0.05) is 62.4 Å². The fourth-order valence-corrected chi connectivity index (χ4v) is 3.87. The standard InChI is InChI=1S/C28H39N3O6/c1-19(2)17-22(30-27(36)37-28(3,4)5)26(35)31(15-16-32)24(21-13-9-10-14-23(21)33)25(34)29-18-20-11-7-6-8-12-20/h6-14,19,22,24,32-33H,15-18H2,1-5H3,(H,29,34)(H,30,36). The molecule has 37 heavy (non-hydrogen) atoms. The van der Waals surface area contributed by atoms with Crippen LogP contribution in [0.5, 0.6) is 5.75 Å². The summed E-state index contributed by atoms with van der Waals surface area (Å²) in [6.45, 7) is 8.54. The Balaban J connectivity index is 2.43. The van der Waals surface area contributed by atoms with Crippen LogP contribution in [0, 0.1) is 5.92 Å². The largest absolute Gasteiger partial charge is 0.508 e. The molecule has 9 nitrogen and oxygen atoms in total. The Bertz CT molecular complexity index is 1040. The number of phenols is 1. The Kier molecular flexibility index (Phi) is 10.9. The number of benzene rings is 2. The monoisotopic (exact) mass is 513 g/mol. The van der Waals surface area contributed by atoms with Gasteiger partial charge in [0.25, 0.3) is 0 Å². The molecule has 0 radical (unpaired) electrons. The van der Waals surface area contributed by atoms with Crippen molar-refractivity contribution >= 4 is 17.9 Å². The maximum atomic E-state index is 13.9. The van der Waals surface area contributed by atoms with Gasteiger partial charge in [-0.15, -0.1) is 0 Å². The van der Waals surface area contributed by atoms with Crippen molar-refractivity contribution in [2.24, 2.45) is 5.92 Å². The molecule has 2 atom stereocenters. The molecule has 0 aliphatic heterocycles. The number of aliphatic hydroxyl groups excluding tert-OH is 1. The highest BCUT2D eigenvalue weighted by Crippen LogP contribution is 2.30. The van der Waals surface area contributed by atoms with E-state index in [0.717, 1.165) is 5.56 Å². The summed E-state index contributed by atoms with van der Waals surface area (Å²) in [5.74, 6) is -1.25. The first-order valence-electron chi connectivity index (χ1n) is 12.4. The Labute approximate surface area is 218 Å². The van der Waals surface area contributed by atoms with E-state index in [1.165, 1.54) is 11.0 Å². The van der Waals surface area contributed by atoms with Crippen LogP contribution in [0.2, 0.25) is 0 Å². The van der Waals surface area contributed by atoms with Crippen molar-refractivity contribution in [2.45, 2.75) is 65.3 Å². The Hall–Kier alpha value is -3.59. The average molecular weight is 514 g/mol. The summed E-state index contributed by atoms with van der Waals surface area (Å²) < 4.78 is 5.35. The number of aromatic hydroxyl groups is 1. The third-order valence-electron chi connectivity index (χ3n) is 5.42. The van der Waals surface area contributed by atoms with Gasteiger partial charge in [0, 0.05) is 18.7 Å². The summed E-state index contributed by atoms with van der Waals surface area (Å²) in [6.07, 6.45) is -0.484. The summed E-state index contributed by atoms with van der Waals surface area (Å²) in [6, 6.07) is 13.3. The van der Waals surface area contributed by atoms with Crippen LogP contribution in [0.4, 0.5) is 4.79 Å². The number of aliphatic hydroxyl groups is 1. The van der Waals surface area contributed by atoms with E-state index in [1.807, 2.05) is 44.2 Å². The molecule has 0 bridgehead atoms. The minimum atomic E-state index is -1.25. The number of para-hydroxylation sites is 1. The Morgan fingerprint density at radius 1 is 1.00 bits per heavy atom. The van der Waals surface area contributed by atoms with Crippen LogP contribution in [0.25, 0.3) is 0 Å². The number of hydrogen-bond acceptors (Lipinski definition) is 6. The van der Waals surface area contributed by atoms with Crippen LogP contribution in [-0.2, 0) is 20.9 Å². The third-order valence-corrected chi connectivity index (χ3v) is 5.42. The van der Waals surface area contributed by atoms with Crippen molar-refractivity contribution < 1.29 is 29.3 Å². The molecule has 2 unspecified atom stereocenters. The molecule has 0 aliphatic rings. The van der Waals surface area contributed by atoms with Gasteiger partial charge in [0.1, 0.15) is 23.4 Å². The number of carbonyl (C=O) groups is 3. The number of hydrogen-bond donors (Lipinski definition) is 4. The Morgan fingerprint density at radius 2 is 1.62 bits per heavy atom. The topological polar surface area (TPSA) is 128 Å². The van der Waals surface area contributed by atoms with E-state index in [4.69, 9.17) is 4.74 Å². The predicted molar refractivity (Wildman–Crippen MR) is 141 cm³/mol. The van der Waals surface area contributed by atoms with Gasteiger partial charge in [-0.25, -0.2) is 4.79 Å². The quantitative estimate of drug-likeness (QED) is 0.364. The van der Waals surface area contributed by atoms with Gasteiger partial charge in [-0.3, -0.25) is 9.59 Å². The summed E-state index contributed by atoms with van der Waals surface area (Å²) in [4.78, 5) is 41.1. The minimum absolute atomic E-state index is 0.0235. The van der Waals surface area contributed by atoms with Crippen LogP contribution in [0.1, 0.15) is 58.2 Å². The first kappa shape index (κ1) is 29.6. The van der Waals surface area contributed by atoms with Crippen LogP contribution in [-0.4, -0.2) is 57.8 Å². The fourth-order valence-electron chi connectivity index (χ4n) is 3.87. The number of phenolic OH excluding ortho intramolecular Hbond substituents is 1. The van der Waals surface area contributed by atoms with E-state index in [1.54, 1.807) is 39.0 Å². The molecule has 2 aromatic rings. The van der Waals surface area contributed by atoms with Crippen LogP contribution < -0.4 is 10.6 Å². The summed E-state index contributed by atoms with van der Waals surface area (Å²) >= 11 is 0. The molecule has 9 heteroatoms. The number of amides is 3. The second-order valence-electron chi connectivity index (χ2n) is 10.2. The lowest BCUT2D eigenvalue weighted by Crippen LogP contribution is -2.54. The maximum absolute atomic E-state index is 13.9. The lowest BCUT2D eigenvalue weighted by Gasteiger charge is -2.34. The van der Waals surface area contributed by atoms with E-state index >= 15 is 0 Å². The molecule has 202 valence electrons. The molecule has 2 aromatic carbocycles. The van der Waals surface area contributed by atoms with E-state index in [0.29, 0.717) is 0 Å². The fraction of sp³-hybridized carbons (Fsp3) is 0.464. The number of nitrogens with zero attached hydrogens (tertiary/aromatic N) is 1. The summed E-state index contributed by atoms with van der Waals surface area (Å²) in [7, 11) is 0. The number of nitrogens with one attached hydrogen (secondary N) is 2. The van der Waals surface area contributed by atoms with Crippen molar-refractivity contribution in [3.05, 3.63) is 65.7 Å². The Morgan fingerprint density at radius 3 is 2.19 bits per heavy atom. The van der Waals surface area contributed by atoms with E-state index in [9.17, 15) is 24.6 Å². The molecule has 0 fully saturated rings. The van der Waals surface area contributed by atoms with Gasteiger partial charge in [-0.05, 0) is 44.7 Å². The third kappa shape index (κ3) is 9.42. The second-order valence-corrected chi connectivity index (χ2v) is 10.2. The van der Waals surface area contributed by atoms with E-state index in [-0.39, 0.29) is 36.7 Å². The molecule has 0 aliphatic carbocycles. The molecule has 0 saturated heterocycles. The zero-order valence-electron chi connectivity index (χ0n) is 22.2.